The van der Waals surface area contributed by atoms with E-state index in [1.54, 1.807) is 0 Å². The minimum Gasteiger partial charge on any atom is -0.339 e. The third-order valence-electron chi connectivity index (χ3n) is 3.18. The van der Waals surface area contributed by atoms with Crippen molar-refractivity contribution in [2.45, 2.75) is 32.2 Å². The maximum atomic E-state index is 5.99. The van der Waals surface area contributed by atoms with Crippen LogP contribution in [-0.4, -0.2) is 23.2 Å². The fourth-order valence-electron chi connectivity index (χ4n) is 1.82. The summed E-state index contributed by atoms with van der Waals surface area (Å²) in [6.45, 7) is 4.11. The lowest BCUT2D eigenvalue weighted by Crippen LogP contribution is -2.24. The van der Waals surface area contributed by atoms with Gasteiger partial charge in [0, 0.05) is 17.5 Å². The van der Waals surface area contributed by atoms with E-state index in [-0.39, 0.29) is 5.92 Å². The maximum absolute atomic E-state index is 5.99. The van der Waals surface area contributed by atoms with Gasteiger partial charge in [-0.2, -0.15) is 4.98 Å². The molecule has 4 nitrogen and oxygen atoms in total. The van der Waals surface area contributed by atoms with Crippen molar-refractivity contribution in [2.24, 2.45) is 0 Å². The minimum absolute atomic E-state index is 0.0461. The van der Waals surface area contributed by atoms with Crippen molar-refractivity contribution in [2.75, 3.05) is 7.05 Å². The van der Waals surface area contributed by atoms with E-state index < -0.39 is 0 Å². The summed E-state index contributed by atoms with van der Waals surface area (Å²) in [6, 6.07) is 8.04. The molecule has 0 bridgehead atoms. The first-order chi connectivity index (χ1) is 9.10. The van der Waals surface area contributed by atoms with Crippen LogP contribution >= 0.6 is 11.6 Å². The molecule has 0 aliphatic carbocycles. The quantitative estimate of drug-likeness (QED) is 0.914. The zero-order valence-corrected chi connectivity index (χ0v) is 12.1. The molecule has 1 N–H and O–H groups in total. The van der Waals surface area contributed by atoms with Crippen molar-refractivity contribution in [3.63, 3.8) is 0 Å². The highest BCUT2D eigenvalue weighted by Crippen LogP contribution is 2.24. The third kappa shape index (κ3) is 3.55. The Labute approximate surface area is 118 Å². The molecule has 2 rings (SSSR count). The molecule has 0 amide bonds. The van der Waals surface area contributed by atoms with Gasteiger partial charge < -0.3 is 9.84 Å². The van der Waals surface area contributed by atoms with Crippen LogP contribution in [0.25, 0.3) is 0 Å². The van der Waals surface area contributed by atoms with Crippen LogP contribution in [0.5, 0.6) is 0 Å². The van der Waals surface area contributed by atoms with Crippen LogP contribution in [0.2, 0.25) is 5.02 Å². The molecule has 1 aromatic heterocycles. The highest BCUT2D eigenvalue weighted by Gasteiger charge is 2.17. The van der Waals surface area contributed by atoms with Crippen LogP contribution in [0.4, 0.5) is 0 Å². The summed E-state index contributed by atoms with van der Waals surface area (Å²) in [4.78, 5) is 4.44. The van der Waals surface area contributed by atoms with E-state index in [4.69, 9.17) is 16.1 Å². The fraction of sp³-hybridized carbons (Fsp3) is 0.429. The normalized spacial score (nSPS) is 14.3. The van der Waals surface area contributed by atoms with Crippen molar-refractivity contribution in [1.29, 1.82) is 0 Å². The van der Waals surface area contributed by atoms with Crippen molar-refractivity contribution in [3.8, 4) is 0 Å². The van der Waals surface area contributed by atoms with Gasteiger partial charge in [-0.1, -0.05) is 28.9 Å². The fourth-order valence-corrected chi connectivity index (χ4v) is 2.02. The molecule has 0 fully saturated rings. The van der Waals surface area contributed by atoms with Gasteiger partial charge in [0.05, 0.1) is 5.92 Å². The SMILES string of the molecule is CNC(C)Cc1noc(C(C)c2cccc(Cl)c2)n1. The van der Waals surface area contributed by atoms with E-state index >= 15 is 0 Å². The topological polar surface area (TPSA) is 51.0 Å². The van der Waals surface area contributed by atoms with Gasteiger partial charge in [-0.05, 0) is 38.6 Å². The Morgan fingerprint density at radius 1 is 1.37 bits per heavy atom. The number of hydrogen-bond acceptors (Lipinski definition) is 4. The molecule has 0 aliphatic heterocycles. The summed E-state index contributed by atoms with van der Waals surface area (Å²) in [6.07, 6.45) is 0.752. The summed E-state index contributed by atoms with van der Waals surface area (Å²) in [5.74, 6) is 1.40. The first-order valence-electron chi connectivity index (χ1n) is 6.35. The number of hydrogen-bond donors (Lipinski definition) is 1. The number of nitrogens with one attached hydrogen (secondary N) is 1. The summed E-state index contributed by atoms with van der Waals surface area (Å²) < 4.78 is 5.33. The van der Waals surface area contributed by atoms with E-state index in [1.807, 2.05) is 38.2 Å². The molecule has 0 spiro atoms. The van der Waals surface area contributed by atoms with Crippen molar-refractivity contribution in [1.82, 2.24) is 15.5 Å². The second kappa shape index (κ2) is 6.17. The average Bonchev–Trinajstić information content (AvgIpc) is 2.86. The molecular formula is C14H18ClN3O. The van der Waals surface area contributed by atoms with Crippen molar-refractivity contribution >= 4 is 11.6 Å². The Kier molecular flexibility index (Phi) is 4.56. The van der Waals surface area contributed by atoms with Gasteiger partial charge in [0.25, 0.3) is 0 Å². The molecule has 2 aromatic rings. The van der Waals surface area contributed by atoms with Gasteiger partial charge in [0.1, 0.15) is 0 Å². The number of halogens is 1. The molecule has 2 atom stereocenters. The third-order valence-corrected chi connectivity index (χ3v) is 3.42. The van der Waals surface area contributed by atoms with Gasteiger partial charge in [-0.3, -0.25) is 0 Å². The molecule has 0 saturated heterocycles. The second-order valence-corrected chi connectivity index (χ2v) is 5.16. The average molecular weight is 280 g/mol. The van der Waals surface area contributed by atoms with Crippen LogP contribution in [-0.2, 0) is 6.42 Å². The van der Waals surface area contributed by atoms with E-state index in [0.29, 0.717) is 17.0 Å². The Hall–Kier alpha value is -1.39. The van der Waals surface area contributed by atoms with Gasteiger partial charge in [-0.25, -0.2) is 0 Å². The van der Waals surface area contributed by atoms with Crippen molar-refractivity contribution < 1.29 is 4.52 Å². The molecule has 0 radical (unpaired) electrons. The van der Waals surface area contributed by atoms with Crippen LogP contribution in [0.1, 0.15) is 37.0 Å². The lowest BCUT2D eigenvalue weighted by molar-refractivity contribution is 0.364. The molecule has 102 valence electrons. The molecule has 1 heterocycles. The Bertz CT molecular complexity index is 541. The van der Waals surface area contributed by atoms with E-state index in [9.17, 15) is 0 Å². The molecular weight excluding hydrogens is 262 g/mol. The second-order valence-electron chi connectivity index (χ2n) is 4.72. The summed E-state index contributed by atoms with van der Waals surface area (Å²) >= 11 is 5.99. The number of likely N-dealkylation sites (N-methyl/N-ethyl adjacent to an activating group) is 1. The van der Waals surface area contributed by atoms with Crippen LogP contribution in [0, 0.1) is 0 Å². The Balaban J connectivity index is 2.14. The predicted octanol–water partition coefficient (Wildman–Crippen LogP) is 3.03. The predicted molar refractivity (Wildman–Crippen MR) is 75.5 cm³/mol. The number of benzene rings is 1. The standard InChI is InChI=1S/C14H18ClN3O/c1-9(16-3)7-13-17-14(19-18-13)10(2)11-5-4-6-12(15)8-11/h4-6,8-10,16H,7H2,1-3H3. The first-order valence-corrected chi connectivity index (χ1v) is 6.73. The van der Waals surface area contributed by atoms with E-state index in [2.05, 4.69) is 22.4 Å². The van der Waals surface area contributed by atoms with Gasteiger partial charge in [0.15, 0.2) is 5.82 Å². The maximum Gasteiger partial charge on any atom is 0.233 e. The van der Waals surface area contributed by atoms with Crippen molar-refractivity contribution in [3.05, 3.63) is 46.6 Å². The smallest absolute Gasteiger partial charge is 0.233 e. The zero-order chi connectivity index (χ0) is 13.8. The largest absolute Gasteiger partial charge is 0.339 e. The molecule has 0 aliphatic rings. The molecule has 1 aromatic carbocycles. The minimum atomic E-state index is 0.0461. The number of aromatic nitrogens is 2. The lowest BCUT2D eigenvalue weighted by Gasteiger charge is -2.07. The molecule has 19 heavy (non-hydrogen) atoms. The number of nitrogens with zero attached hydrogens (tertiary/aromatic N) is 2. The van der Waals surface area contributed by atoms with Gasteiger partial charge in [0.2, 0.25) is 5.89 Å². The summed E-state index contributed by atoms with van der Waals surface area (Å²) in [7, 11) is 1.92. The monoisotopic (exact) mass is 279 g/mol. The first kappa shape index (κ1) is 14.0. The molecule has 0 saturated carbocycles. The van der Waals surface area contributed by atoms with Crippen LogP contribution < -0.4 is 5.32 Å². The van der Waals surface area contributed by atoms with E-state index in [1.165, 1.54) is 0 Å². The zero-order valence-electron chi connectivity index (χ0n) is 11.4. The highest BCUT2D eigenvalue weighted by atomic mass is 35.5. The van der Waals surface area contributed by atoms with E-state index in [0.717, 1.165) is 17.8 Å². The highest BCUT2D eigenvalue weighted by molar-refractivity contribution is 6.30. The Morgan fingerprint density at radius 2 is 2.16 bits per heavy atom. The number of rotatable bonds is 5. The van der Waals surface area contributed by atoms with Crippen LogP contribution in [0.3, 0.4) is 0 Å². The lowest BCUT2D eigenvalue weighted by atomic mass is 10.0. The van der Waals surface area contributed by atoms with Gasteiger partial charge in [-0.15, -0.1) is 0 Å². The summed E-state index contributed by atoms with van der Waals surface area (Å²) in [5.41, 5.74) is 1.07. The Morgan fingerprint density at radius 3 is 2.84 bits per heavy atom. The van der Waals surface area contributed by atoms with Gasteiger partial charge >= 0.3 is 0 Å². The molecule has 2 unspecified atom stereocenters. The van der Waals surface area contributed by atoms with Crippen LogP contribution in [0.15, 0.2) is 28.8 Å². The summed E-state index contributed by atoms with van der Waals surface area (Å²) in [5, 5.41) is 7.88. The molecule has 5 heteroatoms.